The smallest absolute Gasteiger partial charge is 0.177 e. The Morgan fingerprint density at radius 1 is 1.15 bits per heavy atom. The number of hydrogen-bond donors (Lipinski definition) is 2. The third-order valence-electron chi connectivity index (χ3n) is 4.36. The molecule has 3 aromatic rings. The molecule has 6 heteroatoms. The van der Waals surface area contributed by atoms with Gasteiger partial charge in [0.05, 0.1) is 25.5 Å². The van der Waals surface area contributed by atoms with Gasteiger partial charge in [0.1, 0.15) is 23.0 Å². The van der Waals surface area contributed by atoms with Crippen LogP contribution in [0.3, 0.4) is 0 Å². The third-order valence-corrected chi connectivity index (χ3v) is 4.36. The number of methoxy groups -OCH3 is 2. The minimum absolute atomic E-state index is 0.0584. The van der Waals surface area contributed by atoms with Gasteiger partial charge in [-0.2, -0.15) is 0 Å². The molecule has 0 aliphatic heterocycles. The number of rotatable bonds is 4. The zero-order valence-electron chi connectivity index (χ0n) is 14.3. The van der Waals surface area contributed by atoms with Crippen LogP contribution in [-0.4, -0.2) is 36.6 Å². The molecule has 0 unspecified atom stereocenters. The molecule has 1 heterocycles. The van der Waals surface area contributed by atoms with E-state index in [1.807, 2.05) is 18.2 Å². The molecule has 0 radical (unpaired) electrons. The fourth-order valence-electron chi connectivity index (χ4n) is 3.29. The van der Waals surface area contributed by atoms with Crippen LogP contribution in [0, 0.1) is 12.3 Å². The fraction of sp³-hybridized carbons (Fsp3) is 0.150. The summed E-state index contributed by atoms with van der Waals surface area (Å²) < 4.78 is 11.0. The van der Waals surface area contributed by atoms with Crippen LogP contribution in [-0.2, 0) is 4.84 Å². The number of ether oxygens (including phenoxy) is 2. The number of fused-ring (bicyclic) bond motifs is 5. The van der Waals surface area contributed by atoms with Gasteiger partial charge in [-0.25, -0.2) is 0 Å². The molecule has 0 saturated heterocycles. The van der Waals surface area contributed by atoms with Gasteiger partial charge in [0.15, 0.2) is 6.61 Å². The Labute approximate surface area is 150 Å². The van der Waals surface area contributed by atoms with Crippen molar-refractivity contribution in [2.24, 2.45) is 5.16 Å². The van der Waals surface area contributed by atoms with Crippen LogP contribution in [0.15, 0.2) is 35.5 Å². The third kappa shape index (κ3) is 2.25. The lowest BCUT2D eigenvalue weighted by molar-refractivity contribution is 0.180. The Morgan fingerprint density at radius 2 is 2.00 bits per heavy atom. The summed E-state index contributed by atoms with van der Waals surface area (Å²) in [6.07, 6.45) is 5.26. The molecular weight excluding hydrogens is 332 g/mol. The largest absolute Gasteiger partial charge is 0.508 e. The van der Waals surface area contributed by atoms with Gasteiger partial charge in [-0.1, -0.05) is 11.1 Å². The van der Waals surface area contributed by atoms with Crippen molar-refractivity contribution in [1.29, 1.82) is 0 Å². The average Bonchev–Trinajstić information content (AvgIpc) is 3.16. The van der Waals surface area contributed by atoms with Gasteiger partial charge in [0.25, 0.3) is 0 Å². The van der Waals surface area contributed by atoms with E-state index >= 15 is 0 Å². The van der Waals surface area contributed by atoms with Crippen molar-refractivity contribution in [2.75, 3.05) is 20.8 Å². The quantitative estimate of drug-likeness (QED) is 0.337. The van der Waals surface area contributed by atoms with Crippen LogP contribution in [0.4, 0.5) is 0 Å². The second-order valence-electron chi connectivity index (χ2n) is 5.77. The van der Waals surface area contributed by atoms with E-state index in [2.05, 4.69) is 16.1 Å². The van der Waals surface area contributed by atoms with Crippen LogP contribution in [0.25, 0.3) is 22.2 Å². The second kappa shape index (κ2) is 6.05. The summed E-state index contributed by atoms with van der Waals surface area (Å²) in [5, 5.41) is 15.0. The molecule has 2 aromatic carbocycles. The molecule has 0 spiro atoms. The number of aromatic amines is 1. The molecule has 1 aliphatic carbocycles. The first-order valence-corrected chi connectivity index (χ1v) is 7.93. The van der Waals surface area contributed by atoms with Gasteiger partial charge in [0, 0.05) is 28.1 Å². The number of nitrogens with zero attached hydrogens (tertiary/aromatic N) is 1. The number of H-pyrrole nitrogens is 1. The molecule has 0 atom stereocenters. The summed E-state index contributed by atoms with van der Waals surface area (Å²) in [6, 6.07) is 8.83. The molecular formula is C20H16N2O4. The maximum atomic E-state index is 9.92. The lowest BCUT2D eigenvalue weighted by Crippen LogP contribution is -2.01. The minimum atomic E-state index is 0.0584. The number of benzene rings is 2. The van der Waals surface area contributed by atoms with E-state index in [4.69, 9.17) is 20.7 Å². The summed E-state index contributed by atoms with van der Waals surface area (Å²) in [6.45, 7) is 0.0584. The Hall–Kier alpha value is -3.59. The minimum Gasteiger partial charge on any atom is -0.508 e. The van der Waals surface area contributed by atoms with Crippen molar-refractivity contribution in [2.45, 2.75) is 0 Å². The second-order valence-corrected chi connectivity index (χ2v) is 5.77. The molecule has 0 saturated carbocycles. The van der Waals surface area contributed by atoms with E-state index in [0.29, 0.717) is 17.2 Å². The standard InChI is InChI=1S/C20H16N2O4/c1-4-7-26-22-19-14-9-12(24-2)10-16(25-3)17(14)20-18(19)13-8-11(23)5-6-15(13)21-20/h1,5-6,8-10,21,23H,7H2,2-3H3/b22-19-. The Balaban J connectivity index is 2.05. The van der Waals surface area contributed by atoms with Crippen LogP contribution < -0.4 is 9.47 Å². The highest BCUT2D eigenvalue weighted by Crippen LogP contribution is 2.47. The Morgan fingerprint density at radius 3 is 2.73 bits per heavy atom. The van der Waals surface area contributed by atoms with Crippen molar-refractivity contribution in [1.82, 2.24) is 4.98 Å². The normalized spacial score (nSPS) is 13.3. The van der Waals surface area contributed by atoms with E-state index < -0.39 is 0 Å². The van der Waals surface area contributed by atoms with Gasteiger partial charge in [-0.05, 0) is 24.3 Å². The van der Waals surface area contributed by atoms with Crippen LogP contribution in [0.5, 0.6) is 17.2 Å². The van der Waals surface area contributed by atoms with E-state index in [-0.39, 0.29) is 12.4 Å². The van der Waals surface area contributed by atoms with Crippen LogP contribution >= 0.6 is 0 Å². The number of phenolic OH excluding ortho intramolecular Hbond substituents is 1. The molecule has 0 bridgehead atoms. The van der Waals surface area contributed by atoms with Crippen molar-refractivity contribution in [3.05, 3.63) is 41.5 Å². The maximum Gasteiger partial charge on any atom is 0.177 e. The molecule has 130 valence electrons. The lowest BCUT2D eigenvalue weighted by Gasteiger charge is -2.10. The van der Waals surface area contributed by atoms with Gasteiger partial charge in [0.2, 0.25) is 0 Å². The highest BCUT2D eigenvalue weighted by Gasteiger charge is 2.33. The summed E-state index contributed by atoms with van der Waals surface area (Å²) in [4.78, 5) is 8.65. The number of hydrogen-bond acceptors (Lipinski definition) is 5. The zero-order chi connectivity index (χ0) is 18.3. The lowest BCUT2D eigenvalue weighted by atomic mass is 10.1. The zero-order valence-corrected chi connectivity index (χ0v) is 14.3. The van der Waals surface area contributed by atoms with E-state index in [1.54, 1.807) is 26.4 Å². The predicted molar refractivity (Wildman–Crippen MR) is 98.9 cm³/mol. The van der Waals surface area contributed by atoms with Crippen LogP contribution in [0.1, 0.15) is 11.1 Å². The average molecular weight is 348 g/mol. The summed E-state index contributed by atoms with van der Waals surface area (Å²) in [5.41, 5.74) is 4.84. The number of aromatic nitrogens is 1. The van der Waals surface area contributed by atoms with E-state index in [0.717, 1.165) is 33.3 Å². The molecule has 0 amide bonds. The van der Waals surface area contributed by atoms with Crippen LogP contribution in [0.2, 0.25) is 0 Å². The first-order valence-electron chi connectivity index (χ1n) is 7.93. The molecule has 0 fully saturated rings. The summed E-state index contributed by atoms with van der Waals surface area (Å²) in [5.74, 6) is 3.86. The van der Waals surface area contributed by atoms with Crippen molar-refractivity contribution in [3.8, 4) is 40.8 Å². The summed E-state index contributed by atoms with van der Waals surface area (Å²) >= 11 is 0. The van der Waals surface area contributed by atoms with Crippen molar-refractivity contribution < 1.29 is 19.4 Å². The van der Waals surface area contributed by atoms with Gasteiger partial charge in [-0.15, -0.1) is 6.42 Å². The first kappa shape index (κ1) is 15.9. The topological polar surface area (TPSA) is 76.1 Å². The maximum absolute atomic E-state index is 9.92. The Bertz CT molecular complexity index is 1090. The van der Waals surface area contributed by atoms with Crippen molar-refractivity contribution in [3.63, 3.8) is 0 Å². The summed E-state index contributed by atoms with van der Waals surface area (Å²) in [7, 11) is 3.20. The first-order chi connectivity index (χ1) is 12.7. The number of oxime groups is 1. The van der Waals surface area contributed by atoms with Gasteiger partial charge < -0.3 is 24.4 Å². The molecule has 2 N–H and O–H groups in total. The molecule has 1 aliphatic rings. The van der Waals surface area contributed by atoms with E-state index in [1.165, 1.54) is 0 Å². The fourth-order valence-corrected chi connectivity index (χ4v) is 3.29. The van der Waals surface area contributed by atoms with Crippen molar-refractivity contribution >= 4 is 16.6 Å². The number of terminal acetylenes is 1. The highest BCUT2D eigenvalue weighted by atomic mass is 16.6. The monoisotopic (exact) mass is 348 g/mol. The molecule has 26 heavy (non-hydrogen) atoms. The molecule has 4 rings (SSSR count). The SMILES string of the molecule is C#CCO/N=C1/c2cc(OC)cc(OC)c2-c2[nH]c3ccc(O)cc3c21. The highest BCUT2D eigenvalue weighted by molar-refractivity contribution is 6.30. The number of phenols is 1. The number of aromatic hydroxyl groups is 1. The Kier molecular flexibility index (Phi) is 3.70. The van der Waals surface area contributed by atoms with E-state index in [9.17, 15) is 5.11 Å². The number of nitrogens with one attached hydrogen (secondary N) is 1. The predicted octanol–water partition coefficient (Wildman–Crippen LogP) is 3.27. The van der Waals surface area contributed by atoms with Gasteiger partial charge in [-0.3, -0.25) is 0 Å². The van der Waals surface area contributed by atoms with Gasteiger partial charge >= 0.3 is 0 Å². The molecule has 1 aromatic heterocycles. The molecule has 6 nitrogen and oxygen atoms in total.